The Morgan fingerprint density at radius 3 is 2.43 bits per heavy atom. The van der Waals surface area contributed by atoms with Crippen molar-refractivity contribution >= 4 is 17.5 Å². The fourth-order valence-electron chi connectivity index (χ4n) is 4.23. The van der Waals surface area contributed by atoms with E-state index < -0.39 is 22.7 Å². The molecule has 7 heteroatoms. The van der Waals surface area contributed by atoms with Crippen molar-refractivity contribution in [3.63, 3.8) is 0 Å². The fraction of sp³-hybridized carbons (Fsp3) is 0.652. The molecule has 2 heterocycles. The molecule has 2 amide bonds. The van der Waals surface area contributed by atoms with E-state index in [1.54, 1.807) is 30.0 Å². The molecule has 0 bridgehead atoms. The van der Waals surface area contributed by atoms with Crippen LogP contribution in [0.25, 0.3) is 0 Å². The number of ether oxygens (including phenoxy) is 1. The van der Waals surface area contributed by atoms with Crippen molar-refractivity contribution in [1.29, 1.82) is 0 Å². The van der Waals surface area contributed by atoms with Gasteiger partial charge in [0.2, 0.25) is 5.91 Å². The minimum absolute atomic E-state index is 0.105. The van der Waals surface area contributed by atoms with Gasteiger partial charge in [0.25, 0.3) is 5.91 Å². The highest BCUT2D eigenvalue weighted by molar-refractivity contribution is 6.00. The highest BCUT2D eigenvalue weighted by atomic mass is 16.5. The lowest BCUT2D eigenvalue weighted by Gasteiger charge is -2.51. The normalized spacial score (nSPS) is 26.5. The number of carbonyl (C=O) groups excluding carboxylic acids is 2. The number of aliphatic hydroxyl groups excluding tert-OH is 1. The molecule has 0 radical (unpaired) electrons. The molecule has 2 atom stereocenters. The van der Waals surface area contributed by atoms with Crippen molar-refractivity contribution < 1.29 is 24.5 Å². The molecule has 2 aliphatic heterocycles. The monoisotopic (exact) mass is 418 g/mol. The first-order valence-electron chi connectivity index (χ1n) is 10.6. The molecule has 2 saturated heterocycles. The summed E-state index contributed by atoms with van der Waals surface area (Å²) in [5.41, 5.74) is -0.602. The Hall–Kier alpha value is -1.96. The number of carbonyl (C=O) groups is 2. The number of nitrogens with one attached hydrogen (secondary N) is 1. The van der Waals surface area contributed by atoms with Crippen LogP contribution in [-0.4, -0.2) is 63.9 Å². The molecule has 0 aromatic heterocycles. The van der Waals surface area contributed by atoms with Crippen molar-refractivity contribution in [3.05, 3.63) is 29.3 Å². The second-order valence-corrected chi connectivity index (χ2v) is 9.90. The van der Waals surface area contributed by atoms with Gasteiger partial charge in [-0.1, -0.05) is 26.8 Å². The predicted molar refractivity (Wildman–Crippen MR) is 114 cm³/mol. The number of nitrogens with zero attached hydrogens (tertiary/aromatic N) is 1. The molecule has 1 aromatic rings. The number of rotatable bonds is 2. The van der Waals surface area contributed by atoms with Crippen LogP contribution in [0.5, 0.6) is 0 Å². The molecule has 3 N–H and O–H groups in total. The smallest absolute Gasteiger partial charge is 0.254 e. The summed E-state index contributed by atoms with van der Waals surface area (Å²) in [6.07, 6.45) is 0.351. The van der Waals surface area contributed by atoms with Crippen molar-refractivity contribution in [2.75, 3.05) is 25.0 Å². The van der Waals surface area contributed by atoms with Crippen molar-refractivity contribution in [1.82, 2.24) is 4.90 Å². The quantitative estimate of drug-likeness (QED) is 0.685. The van der Waals surface area contributed by atoms with Crippen LogP contribution < -0.4 is 5.32 Å². The highest BCUT2D eigenvalue weighted by Gasteiger charge is 2.53. The van der Waals surface area contributed by atoms with Gasteiger partial charge in [0.15, 0.2) is 0 Å². The average molecular weight is 419 g/mol. The number of hydrogen-bond donors (Lipinski definition) is 3. The summed E-state index contributed by atoms with van der Waals surface area (Å²) in [7, 11) is 0. The zero-order valence-corrected chi connectivity index (χ0v) is 18.6. The zero-order chi connectivity index (χ0) is 22.3. The first-order valence-corrected chi connectivity index (χ1v) is 10.6. The molecule has 0 saturated carbocycles. The molecule has 2 aliphatic rings. The Bertz CT molecular complexity index is 819. The highest BCUT2D eigenvalue weighted by Crippen LogP contribution is 2.40. The Morgan fingerprint density at radius 2 is 1.83 bits per heavy atom. The van der Waals surface area contributed by atoms with Gasteiger partial charge in [0, 0.05) is 36.2 Å². The van der Waals surface area contributed by atoms with E-state index >= 15 is 0 Å². The zero-order valence-electron chi connectivity index (χ0n) is 18.6. The lowest BCUT2D eigenvalue weighted by molar-refractivity contribution is -0.244. The Labute approximate surface area is 178 Å². The molecule has 3 rings (SSSR count). The van der Waals surface area contributed by atoms with Gasteiger partial charge in [0.1, 0.15) is 11.7 Å². The lowest BCUT2D eigenvalue weighted by Crippen LogP contribution is -2.64. The van der Waals surface area contributed by atoms with E-state index in [1.807, 2.05) is 27.7 Å². The number of amides is 2. The number of aliphatic hydroxyl groups is 2. The fourth-order valence-corrected chi connectivity index (χ4v) is 4.23. The standard InChI is InChI=1S/C23H34N2O5/c1-15-16(7-6-8-17(15)24-20(28)21(2,3)4)18(26)25-12-9-23(10-13-25)19(27)22(5,29)11-14-30-23/h6-8,19,27,29H,9-14H2,1-5H3,(H,24,28)/t19-,22+/m0/s1. The number of hydrogen-bond acceptors (Lipinski definition) is 5. The van der Waals surface area contributed by atoms with E-state index in [2.05, 4.69) is 5.32 Å². The summed E-state index contributed by atoms with van der Waals surface area (Å²) in [4.78, 5) is 27.3. The Morgan fingerprint density at radius 1 is 1.20 bits per heavy atom. The Balaban J connectivity index is 1.73. The third kappa shape index (κ3) is 4.24. The molecule has 7 nitrogen and oxygen atoms in total. The molecular weight excluding hydrogens is 384 g/mol. The minimum atomic E-state index is -1.18. The van der Waals surface area contributed by atoms with E-state index in [4.69, 9.17) is 4.74 Å². The third-order valence-electron chi connectivity index (χ3n) is 6.48. The largest absolute Gasteiger partial charge is 0.387 e. The summed E-state index contributed by atoms with van der Waals surface area (Å²) in [5.74, 6) is -0.211. The lowest BCUT2D eigenvalue weighted by atomic mass is 9.75. The van der Waals surface area contributed by atoms with Gasteiger partial charge in [0.05, 0.1) is 12.2 Å². The molecule has 30 heavy (non-hydrogen) atoms. The maximum Gasteiger partial charge on any atom is 0.254 e. The van der Waals surface area contributed by atoms with Gasteiger partial charge >= 0.3 is 0 Å². The minimum Gasteiger partial charge on any atom is -0.387 e. The summed E-state index contributed by atoms with van der Waals surface area (Å²) in [6, 6.07) is 5.34. The maximum atomic E-state index is 13.2. The van der Waals surface area contributed by atoms with Crippen molar-refractivity contribution in [3.8, 4) is 0 Å². The van der Waals surface area contributed by atoms with E-state index in [-0.39, 0.29) is 11.8 Å². The van der Waals surface area contributed by atoms with E-state index in [0.29, 0.717) is 50.2 Å². The second kappa shape index (κ2) is 7.94. The first-order chi connectivity index (χ1) is 13.9. The molecule has 1 spiro atoms. The number of anilines is 1. The SMILES string of the molecule is Cc1c(NC(=O)C(C)(C)C)cccc1C(=O)N1CCC2(CC1)OCC[C@@](C)(O)[C@@H]2O. The number of piperidine rings is 1. The molecule has 1 aromatic carbocycles. The summed E-state index contributed by atoms with van der Waals surface area (Å²) in [6.45, 7) is 10.3. The van der Waals surface area contributed by atoms with Crippen LogP contribution in [0.4, 0.5) is 5.69 Å². The predicted octanol–water partition coefficient (Wildman–Crippen LogP) is 2.49. The summed E-state index contributed by atoms with van der Waals surface area (Å²) in [5, 5.41) is 24.0. The molecule has 0 aliphatic carbocycles. The number of likely N-dealkylation sites (tertiary alicyclic amines) is 1. The van der Waals surface area contributed by atoms with Gasteiger partial charge in [-0.25, -0.2) is 0 Å². The molecular formula is C23H34N2O5. The number of benzene rings is 1. The summed E-state index contributed by atoms with van der Waals surface area (Å²) >= 11 is 0. The van der Waals surface area contributed by atoms with Crippen molar-refractivity contribution in [2.45, 2.75) is 71.2 Å². The summed E-state index contributed by atoms with van der Waals surface area (Å²) < 4.78 is 5.91. The molecule has 2 fully saturated rings. The van der Waals surface area contributed by atoms with Crippen LogP contribution in [0, 0.1) is 12.3 Å². The van der Waals surface area contributed by atoms with Gasteiger partial charge in [-0.15, -0.1) is 0 Å². The van der Waals surface area contributed by atoms with Crippen LogP contribution in [0.3, 0.4) is 0 Å². The van der Waals surface area contributed by atoms with E-state index in [1.165, 1.54) is 0 Å². The van der Waals surface area contributed by atoms with Crippen LogP contribution in [-0.2, 0) is 9.53 Å². The third-order valence-corrected chi connectivity index (χ3v) is 6.48. The van der Waals surface area contributed by atoms with Crippen molar-refractivity contribution in [2.24, 2.45) is 5.41 Å². The Kier molecular flexibility index (Phi) is 6.02. The van der Waals surface area contributed by atoms with E-state index in [9.17, 15) is 19.8 Å². The average Bonchev–Trinajstić information content (AvgIpc) is 2.67. The van der Waals surface area contributed by atoms with E-state index in [0.717, 1.165) is 5.56 Å². The molecule has 0 unspecified atom stereocenters. The van der Waals surface area contributed by atoms with Gasteiger partial charge in [-0.2, -0.15) is 0 Å². The second-order valence-electron chi connectivity index (χ2n) is 9.90. The van der Waals surface area contributed by atoms with Crippen LogP contribution in [0.1, 0.15) is 62.9 Å². The van der Waals surface area contributed by atoms with Crippen LogP contribution >= 0.6 is 0 Å². The topological polar surface area (TPSA) is 99.1 Å². The van der Waals surface area contributed by atoms with Gasteiger partial charge < -0.3 is 25.2 Å². The van der Waals surface area contributed by atoms with Gasteiger partial charge in [-0.05, 0) is 44.4 Å². The molecule has 166 valence electrons. The van der Waals surface area contributed by atoms with Crippen LogP contribution in [0.2, 0.25) is 0 Å². The van der Waals surface area contributed by atoms with Crippen LogP contribution in [0.15, 0.2) is 18.2 Å². The van der Waals surface area contributed by atoms with Gasteiger partial charge in [-0.3, -0.25) is 9.59 Å². The first kappa shape index (κ1) is 22.7. The maximum absolute atomic E-state index is 13.2.